The van der Waals surface area contributed by atoms with Crippen molar-refractivity contribution in [3.63, 3.8) is 0 Å². The Morgan fingerprint density at radius 1 is 0.913 bits per heavy atom. The second kappa shape index (κ2) is 19.3. The molecule has 14 heteroatoms. The van der Waals surface area contributed by atoms with E-state index in [2.05, 4.69) is 5.32 Å². The van der Waals surface area contributed by atoms with Gasteiger partial charge in [-0.05, 0) is 57.9 Å². The zero-order valence-electron chi connectivity index (χ0n) is 27.4. The summed E-state index contributed by atoms with van der Waals surface area (Å²) in [6.07, 6.45) is -0.987. The van der Waals surface area contributed by atoms with Crippen LogP contribution in [0.1, 0.15) is 52.2 Å². The molecule has 1 unspecified atom stereocenters. The first-order valence-corrected chi connectivity index (χ1v) is 16.7. The van der Waals surface area contributed by atoms with E-state index >= 15 is 0 Å². The fourth-order valence-electron chi connectivity index (χ4n) is 4.23. The minimum Gasteiger partial charge on any atom is -0.488 e. The number of carbonyl (C=O) groups excluding carboxylic acids is 3. The molecule has 2 N–H and O–H groups in total. The standard InChI is InChI=1S/C32H47N3O10S/c1-7-42-30(43-8-2)21-35(29(37)18-19-41-6)31(38)27(20-24-14-16-26(17-15-24)45-32(3,4)5)33-28(36)22-44-34-46(39,40)23-25-12-10-9-11-13-25/h9-17,27,30,34H,7-8,18-23H2,1-6H3,(H,33,36). The number of amides is 3. The second-order valence-electron chi connectivity index (χ2n) is 11.2. The summed E-state index contributed by atoms with van der Waals surface area (Å²) in [5.74, 6) is -1.78. The molecular formula is C32H47N3O10S. The van der Waals surface area contributed by atoms with Crippen LogP contribution in [0, 0.1) is 0 Å². The van der Waals surface area contributed by atoms with E-state index in [1.54, 1.807) is 68.4 Å². The van der Waals surface area contributed by atoms with Gasteiger partial charge in [-0.2, -0.15) is 0 Å². The first kappa shape index (κ1) is 38.8. The first-order chi connectivity index (χ1) is 21.8. The average Bonchev–Trinajstić information content (AvgIpc) is 2.98. The minimum atomic E-state index is -3.92. The van der Waals surface area contributed by atoms with E-state index in [1.807, 2.05) is 25.7 Å². The highest BCUT2D eigenvalue weighted by atomic mass is 32.2. The van der Waals surface area contributed by atoms with Crippen LogP contribution in [-0.2, 0) is 55.6 Å². The molecule has 1 atom stereocenters. The molecule has 2 aromatic rings. The second-order valence-corrected chi connectivity index (χ2v) is 12.9. The largest absolute Gasteiger partial charge is 0.488 e. The van der Waals surface area contributed by atoms with E-state index in [-0.39, 0.29) is 45.0 Å². The van der Waals surface area contributed by atoms with Crippen molar-refractivity contribution in [1.29, 1.82) is 0 Å². The highest BCUT2D eigenvalue weighted by Crippen LogP contribution is 2.20. The Bertz CT molecular complexity index is 1330. The quantitative estimate of drug-likeness (QED) is 0.159. The average molecular weight is 666 g/mol. The lowest BCUT2D eigenvalue weighted by Gasteiger charge is -2.29. The van der Waals surface area contributed by atoms with E-state index < -0.39 is 52.3 Å². The Morgan fingerprint density at radius 3 is 2.11 bits per heavy atom. The third-order valence-electron chi connectivity index (χ3n) is 6.13. The molecule has 46 heavy (non-hydrogen) atoms. The van der Waals surface area contributed by atoms with Gasteiger partial charge in [-0.25, -0.2) is 8.42 Å². The van der Waals surface area contributed by atoms with Gasteiger partial charge in [0.2, 0.25) is 21.8 Å². The molecule has 256 valence electrons. The predicted octanol–water partition coefficient (Wildman–Crippen LogP) is 2.73. The molecule has 0 bridgehead atoms. The van der Waals surface area contributed by atoms with Crippen molar-refractivity contribution in [2.24, 2.45) is 0 Å². The summed E-state index contributed by atoms with van der Waals surface area (Å²) in [5.41, 5.74) is 0.778. The smallest absolute Gasteiger partial charge is 0.252 e. The van der Waals surface area contributed by atoms with Crippen LogP contribution in [0.15, 0.2) is 54.6 Å². The summed E-state index contributed by atoms with van der Waals surface area (Å²) in [6, 6.07) is 14.2. The lowest BCUT2D eigenvalue weighted by atomic mass is 10.0. The van der Waals surface area contributed by atoms with Crippen LogP contribution in [0.3, 0.4) is 0 Å². The molecule has 2 aromatic carbocycles. The topological polar surface area (TPSA) is 159 Å². The van der Waals surface area contributed by atoms with E-state index in [9.17, 15) is 22.8 Å². The maximum Gasteiger partial charge on any atom is 0.252 e. The lowest BCUT2D eigenvalue weighted by Crippen LogP contribution is -2.54. The van der Waals surface area contributed by atoms with Crippen molar-refractivity contribution < 1.29 is 46.6 Å². The van der Waals surface area contributed by atoms with Crippen LogP contribution in [-0.4, -0.2) is 89.1 Å². The van der Waals surface area contributed by atoms with Gasteiger partial charge in [0.1, 0.15) is 24.0 Å². The molecule has 13 nitrogen and oxygen atoms in total. The van der Waals surface area contributed by atoms with Crippen LogP contribution in [0.25, 0.3) is 0 Å². The molecule has 3 amide bonds. The van der Waals surface area contributed by atoms with Crippen LogP contribution >= 0.6 is 0 Å². The number of rotatable bonds is 20. The summed E-state index contributed by atoms with van der Waals surface area (Å²) >= 11 is 0. The molecule has 0 aliphatic rings. The van der Waals surface area contributed by atoms with Gasteiger partial charge in [0, 0.05) is 26.7 Å². The first-order valence-electron chi connectivity index (χ1n) is 15.1. The zero-order chi connectivity index (χ0) is 34.2. The number of benzene rings is 2. The summed E-state index contributed by atoms with van der Waals surface area (Å²) in [4.78, 5) is 48.1. The monoisotopic (exact) mass is 665 g/mol. The molecule has 0 saturated carbocycles. The summed E-state index contributed by atoms with van der Waals surface area (Å²) in [5, 5.41) is 2.60. The molecule has 0 aliphatic carbocycles. The van der Waals surface area contributed by atoms with Crippen molar-refractivity contribution in [3.05, 3.63) is 65.7 Å². The molecule has 0 saturated heterocycles. The van der Waals surface area contributed by atoms with Crippen LogP contribution in [0.4, 0.5) is 0 Å². The third kappa shape index (κ3) is 14.8. The van der Waals surface area contributed by atoms with Gasteiger partial charge >= 0.3 is 0 Å². The molecule has 0 spiro atoms. The fraction of sp³-hybridized carbons (Fsp3) is 0.531. The SMILES string of the molecule is CCOC(CN(C(=O)CCOC)C(=O)C(Cc1ccc(OC(C)(C)C)cc1)NC(=O)CONS(=O)(=O)Cc1ccccc1)OCC. The number of hydrogen-bond donors (Lipinski definition) is 2. The number of imide groups is 1. The van der Waals surface area contributed by atoms with Crippen LogP contribution in [0.2, 0.25) is 0 Å². The predicted molar refractivity (Wildman–Crippen MR) is 171 cm³/mol. The number of carbonyl (C=O) groups is 3. The number of hydrogen-bond acceptors (Lipinski definition) is 10. The number of methoxy groups -OCH3 is 1. The van der Waals surface area contributed by atoms with Crippen LogP contribution in [0.5, 0.6) is 5.75 Å². The van der Waals surface area contributed by atoms with E-state index in [1.165, 1.54) is 7.11 Å². The van der Waals surface area contributed by atoms with Crippen molar-refractivity contribution in [2.75, 3.05) is 40.1 Å². The molecule has 0 fully saturated rings. The number of nitrogens with one attached hydrogen (secondary N) is 2. The number of nitrogens with zero attached hydrogens (tertiary/aromatic N) is 1. The summed E-state index contributed by atoms with van der Waals surface area (Å²) in [6.45, 7) is 8.95. The summed E-state index contributed by atoms with van der Waals surface area (Å²) in [7, 11) is -2.49. The van der Waals surface area contributed by atoms with Crippen molar-refractivity contribution in [2.45, 2.75) is 71.1 Å². The van der Waals surface area contributed by atoms with Gasteiger partial charge in [0.05, 0.1) is 25.3 Å². The van der Waals surface area contributed by atoms with Gasteiger partial charge < -0.3 is 24.3 Å². The minimum absolute atomic E-state index is 0.00208. The Morgan fingerprint density at radius 2 is 1.54 bits per heavy atom. The van der Waals surface area contributed by atoms with Crippen molar-refractivity contribution in [1.82, 2.24) is 15.1 Å². The number of sulfonamides is 1. The van der Waals surface area contributed by atoms with Gasteiger partial charge in [-0.3, -0.25) is 24.1 Å². The molecule has 0 radical (unpaired) electrons. The zero-order valence-corrected chi connectivity index (χ0v) is 28.3. The normalized spacial score (nSPS) is 12.5. The fourth-order valence-corrected chi connectivity index (χ4v) is 5.16. The highest BCUT2D eigenvalue weighted by molar-refractivity contribution is 7.88. The molecule has 0 aliphatic heterocycles. The molecular weight excluding hydrogens is 618 g/mol. The molecule has 2 rings (SSSR count). The van der Waals surface area contributed by atoms with E-state index in [4.69, 9.17) is 23.8 Å². The Kier molecular flexibility index (Phi) is 16.3. The Hall–Kier alpha value is -3.40. The van der Waals surface area contributed by atoms with Crippen LogP contribution < -0.4 is 14.9 Å². The Balaban J connectivity index is 2.26. The lowest BCUT2D eigenvalue weighted by molar-refractivity contribution is -0.168. The maximum atomic E-state index is 14.0. The molecule has 0 aromatic heterocycles. The van der Waals surface area contributed by atoms with Gasteiger partial charge in [-0.1, -0.05) is 47.3 Å². The van der Waals surface area contributed by atoms with Crippen molar-refractivity contribution in [3.8, 4) is 5.75 Å². The molecule has 0 heterocycles. The Labute approximate surface area is 271 Å². The van der Waals surface area contributed by atoms with E-state index in [0.717, 1.165) is 4.90 Å². The van der Waals surface area contributed by atoms with Gasteiger partial charge in [0.15, 0.2) is 6.29 Å². The van der Waals surface area contributed by atoms with Crippen molar-refractivity contribution >= 4 is 27.7 Å². The third-order valence-corrected chi connectivity index (χ3v) is 7.22. The summed E-state index contributed by atoms with van der Waals surface area (Å²) < 4.78 is 46.9. The van der Waals surface area contributed by atoms with Gasteiger partial charge in [-0.15, -0.1) is 0 Å². The van der Waals surface area contributed by atoms with E-state index in [0.29, 0.717) is 16.9 Å². The van der Waals surface area contributed by atoms with Gasteiger partial charge in [0.25, 0.3) is 5.91 Å². The highest BCUT2D eigenvalue weighted by Gasteiger charge is 2.32. The number of ether oxygens (including phenoxy) is 4. The maximum absolute atomic E-state index is 14.0.